The van der Waals surface area contributed by atoms with Gasteiger partial charge in [0.2, 0.25) is 5.91 Å². The average molecular weight is 460 g/mol. The fourth-order valence-electron chi connectivity index (χ4n) is 3.14. The minimum atomic E-state index is -0.835. The van der Waals surface area contributed by atoms with Crippen LogP contribution in [-0.4, -0.2) is 19.1 Å². The highest BCUT2D eigenvalue weighted by molar-refractivity contribution is 9.10. The summed E-state index contributed by atoms with van der Waals surface area (Å²) in [5.41, 5.74) is 1.48. The molecule has 0 bridgehead atoms. The molecule has 0 aromatic heterocycles. The Morgan fingerprint density at radius 2 is 1.69 bits per heavy atom. The lowest BCUT2D eigenvalue weighted by atomic mass is 10.0. The molecule has 148 valence electrons. The highest BCUT2D eigenvalue weighted by Gasteiger charge is 2.19. The van der Waals surface area contributed by atoms with Crippen molar-refractivity contribution in [3.8, 4) is 22.6 Å². The molecule has 29 heavy (non-hydrogen) atoms. The number of carbonyl (C=O) groups excluding carboxylic acids is 1. The second-order valence-electron chi connectivity index (χ2n) is 6.49. The molecule has 0 saturated heterocycles. The van der Waals surface area contributed by atoms with Gasteiger partial charge < -0.3 is 14.8 Å². The van der Waals surface area contributed by atoms with E-state index < -0.39 is 17.5 Å². The first-order valence-electron chi connectivity index (χ1n) is 8.93. The Kier molecular flexibility index (Phi) is 5.49. The number of ether oxygens (including phenoxy) is 2. The van der Waals surface area contributed by atoms with Crippen molar-refractivity contribution in [1.29, 1.82) is 0 Å². The van der Waals surface area contributed by atoms with E-state index in [4.69, 9.17) is 9.47 Å². The van der Waals surface area contributed by atoms with Crippen molar-refractivity contribution in [3.63, 3.8) is 0 Å². The summed E-state index contributed by atoms with van der Waals surface area (Å²) in [5.74, 6) is -0.833. The summed E-state index contributed by atoms with van der Waals surface area (Å²) in [5, 5.41) is 2.59. The molecule has 3 aromatic carbocycles. The third-order valence-corrected chi connectivity index (χ3v) is 5.20. The van der Waals surface area contributed by atoms with E-state index in [1.165, 1.54) is 6.07 Å². The molecule has 0 aliphatic carbocycles. The molecule has 1 aliphatic heterocycles. The molecule has 0 spiro atoms. The van der Waals surface area contributed by atoms with Gasteiger partial charge in [-0.3, -0.25) is 4.79 Å². The van der Waals surface area contributed by atoms with Crippen LogP contribution in [0.2, 0.25) is 0 Å². The van der Waals surface area contributed by atoms with Crippen LogP contribution in [0.25, 0.3) is 11.1 Å². The zero-order valence-electron chi connectivity index (χ0n) is 15.2. The van der Waals surface area contributed by atoms with Crippen LogP contribution in [0.5, 0.6) is 11.5 Å². The molecule has 3 aromatic rings. The number of halogens is 3. The molecule has 1 amide bonds. The molecule has 1 N–H and O–H groups in total. The van der Waals surface area contributed by atoms with Gasteiger partial charge >= 0.3 is 0 Å². The molecule has 4 rings (SSSR count). The molecule has 1 heterocycles. The first-order chi connectivity index (χ1) is 14.0. The van der Waals surface area contributed by atoms with E-state index in [1.807, 2.05) is 0 Å². The summed E-state index contributed by atoms with van der Waals surface area (Å²) in [6.45, 7) is 0.896. The molecule has 1 aliphatic rings. The maximum absolute atomic E-state index is 14.5. The van der Waals surface area contributed by atoms with Gasteiger partial charge in [0.25, 0.3) is 0 Å². The van der Waals surface area contributed by atoms with Crippen LogP contribution in [0.3, 0.4) is 0 Å². The number of hydrogen-bond acceptors (Lipinski definition) is 3. The summed E-state index contributed by atoms with van der Waals surface area (Å²) in [6.07, 6.45) is -0.0255. The lowest BCUT2D eigenvalue weighted by Gasteiger charge is -2.20. The van der Waals surface area contributed by atoms with Gasteiger partial charge in [0.1, 0.15) is 24.8 Å². The summed E-state index contributed by atoms with van der Waals surface area (Å²) >= 11 is 3.43. The van der Waals surface area contributed by atoms with E-state index in [9.17, 15) is 13.6 Å². The zero-order valence-corrected chi connectivity index (χ0v) is 16.8. The van der Waals surface area contributed by atoms with E-state index in [1.54, 1.807) is 42.5 Å². The van der Waals surface area contributed by atoms with Crippen molar-refractivity contribution in [2.45, 2.75) is 6.42 Å². The maximum atomic E-state index is 14.5. The van der Waals surface area contributed by atoms with Gasteiger partial charge in [-0.2, -0.15) is 0 Å². The smallest absolute Gasteiger partial charge is 0.228 e. The lowest BCUT2D eigenvalue weighted by Crippen LogP contribution is -2.18. The van der Waals surface area contributed by atoms with Crippen LogP contribution in [-0.2, 0) is 11.2 Å². The predicted molar refractivity (Wildman–Crippen MR) is 109 cm³/mol. The normalized spacial score (nSPS) is 12.5. The topological polar surface area (TPSA) is 47.6 Å². The van der Waals surface area contributed by atoms with Gasteiger partial charge in [-0.15, -0.1) is 0 Å². The largest absolute Gasteiger partial charge is 0.486 e. The Balaban J connectivity index is 1.61. The van der Waals surface area contributed by atoms with E-state index >= 15 is 0 Å². The first-order valence-corrected chi connectivity index (χ1v) is 9.73. The number of rotatable bonds is 4. The summed E-state index contributed by atoms with van der Waals surface area (Å²) in [4.78, 5) is 12.7. The van der Waals surface area contributed by atoms with Crippen molar-refractivity contribution in [2.24, 2.45) is 0 Å². The lowest BCUT2D eigenvalue weighted by molar-refractivity contribution is -0.115. The highest BCUT2D eigenvalue weighted by Crippen LogP contribution is 2.36. The minimum Gasteiger partial charge on any atom is -0.486 e. The van der Waals surface area contributed by atoms with Crippen LogP contribution >= 0.6 is 15.9 Å². The Labute approximate surface area is 174 Å². The molecular formula is C22H16BrF2NO3. The third-order valence-electron chi connectivity index (χ3n) is 4.47. The number of hydrogen-bond donors (Lipinski definition) is 1. The van der Waals surface area contributed by atoms with Crippen molar-refractivity contribution >= 4 is 27.5 Å². The fourth-order valence-corrected chi connectivity index (χ4v) is 3.61. The molecule has 0 saturated carbocycles. The van der Waals surface area contributed by atoms with Crippen LogP contribution in [0.15, 0.2) is 59.1 Å². The van der Waals surface area contributed by atoms with Crippen LogP contribution in [0, 0.1) is 11.6 Å². The van der Waals surface area contributed by atoms with Crippen molar-refractivity contribution in [2.75, 3.05) is 18.5 Å². The first kappa shape index (κ1) is 19.4. The summed E-state index contributed by atoms with van der Waals surface area (Å²) < 4.78 is 40.0. The Bertz CT molecular complexity index is 1070. The van der Waals surface area contributed by atoms with Crippen molar-refractivity contribution in [1.82, 2.24) is 0 Å². The minimum absolute atomic E-state index is 0.0255. The number of anilines is 1. The predicted octanol–water partition coefficient (Wildman–Crippen LogP) is 5.35. The standard InChI is InChI=1S/C22H16BrF2NO3/c23-17-12-20-19(28-6-7-29-20)8-14(17)9-21(27)26-22-16(10-15(24)11-18(22)25)13-4-2-1-3-5-13/h1-5,8,10-12H,6-7,9H2,(H,26,27). The second-order valence-corrected chi connectivity index (χ2v) is 7.34. The molecular weight excluding hydrogens is 444 g/mol. The monoisotopic (exact) mass is 459 g/mol. The van der Waals surface area contributed by atoms with E-state index in [0.29, 0.717) is 40.3 Å². The molecule has 7 heteroatoms. The number of fused-ring (bicyclic) bond motifs is 1. The van der Waals surface area contributed by atoms with E-state index in [-0.39, 0.29) is 17.7 Å². The van der Waals surface area contributed by atoms with Crippen LogP contribution in [0.4, 0.5) is 14.5 Å². The second kappa shape index (κ2) is 8.21. The average Bonchev–Trinajstić information content (AvgIpc) is 2.71. The fraction of sp³-hybridized carbons (Fsp3) is 0.136. The van der Waals surface area contributed by atoms with E-state index in [2.05, 4.69) is 21.2 Å². The van der Waals surface area contributed by atoms with E-state index in [0.717, 1.165) is 6.07 Å². The van der Waals surface area contributed by atoms with Gasteiger partial charge in [0, 0.05) is 16.1 Å². The quantitative estimate of drug-likeness (QED) is 0.572. The zero-order chi connectivity index (χ0) is 20.4. The number of benzene rings is 3. The van der Waals surface area contributed by atoms with Crippen molar-refractivity contribution < 1.29 is 23.0 Å². The van der Waals surface area contributed by atoms with Crippen LogP contribution < -0.4 is 14.8 Å². The summed E-state index contributed by atoms with van der Waals surface area (Å²) in [7, 11) is 0. The molecule has 0 unspecified atom stereocenters. The molecule has 0 atom stereocenters. The Morgan fingerprint density at radius 1 is 1.00 bits per heavy atom. The molecule has 0 radical (unpaired) electrons. The van der Waals surface area contributed by atoms with Gasteiger partial charge in [-0.05, 0) is 29.3 Å². The number of carbonyl (C=O) groups is 1. The maximum Gasteiger partial charge on any atom is 0.228 e. The van der Waals surface area contributed by atoms with Gasteiger partial charge in [-0.25, -0.2) is 8.78 Å². The van der Waals surface area contributed by atoms with Gasteiger partial charge in [-0.1, -0.05) is 46.3 Å². The molecule has 4 nitrogen and oxygen atoms in total. The molecule has 0 fully saturated rings. The van der Waals surface area contributed by atoms with Crippen LogP contribution in [0.1, 0.15) is 5.56 Å². The Hall–Kier alpha value is -2.93. The van der Waals surface area contributed by atoms with Crippen molar-refractivity contribution in [3.05, 3.63) is 76.3 Å². The third kappa shape index (κ3) is 4.24. The summed E-state index contributed by atoms with van der Waals surface area (Å²) in [6, 6.07) is 14.2. The number of amides is 1. The van der Waals surface area contributed by atoms with Gasteiger partial charge in [0.15, 0.2) is 11.5 Å². The Morgan fingerprint density at radius 3 is 2.41 bits per heavy atom. The van der Waals surface area contributed by atoms with Gasteiger partial charge in [0.05, 0.1) is 12.1 Å². The number of nitrogens with one attached hydrogen (secondary N) is 1. The highest BCUT2D eigenvalue weighted by atomic mass is 79.9. The SMILES string of the molecule is O=C(Cc1cc2c(cc1Br)OCCO2)Nc1c(F)cc(F)cc1-c1ccccc1.